The molecule has 0 radical (unpaired) electrons. The van der Waals surface area contributed by atoms with Crippen molar-refractivity contribution in [2.75, 3.05) is 6.54 Å². The summed E-state index contributed by atoms with van der Waals surface area (Å²) in [5.41, 5.74) is 1.11. The molecule has 0 fully saturated rings. The van der Waals surface area contributed by atoms with E-state index in [-0.39, 0.29) is 17.9 Å². The minimum Gasteiger partial charge on any atom is -0.427 e. The van der Waals surface area contributed by atoms with Gasteiger partial charge in [0.1, 0.15) is 5.75 Å². The third-order valence-electron chi connectivity index (χ3n) is 2.99. The molecule has 0 aliphatic heterocycles. The summed E-state index contributed by atoms with van der Waals surface area (Å²) in [6.45, 7) is 7.68. The summed E-state index contributed by atoms with van der Waals surface area (Å²) in [4.78, 5) is 24.1. The van der Waals surface area contributed by atoms with E-state index in [1.54, 1.807) is 19.1 Å². The van der Waals surface area contributed by atoms with Gasteiger partial charge in [-0.1, -0.05) is 12.1 Å². The van der Waals surface area contributed by atoms with Crippen LogP contribution in [-0.2, 0) is 16.0 Å². The van der Waals surface area contributed by atoms with Crippen LogP contribution in [0.4, 0.5) is 0 Å². The molecule has 0 aliphatic rings. The maximum atomic E-state index is 11.5. The highest BCUT2D eigenvalue weighted by Crippen LogP contribution is 2.15. The molecule has 0 saturated heterocycles. The standard InChI is InChI=1S/C15H21NO3/c1-5-16(12(3)17)11(2)10-14-6-8-15(9-7-14)19-13(4)18/h6-9,11H,5,10H2,1-4H3. The molecule has 1 aromatic carbocycles. The van der Waals surface area contributed by atoms with Crippen LogP contribution in [0.1, 0.15) is 33.3 Å². The first kappa shape index (κ1) is 15.2. The zero-order chi connectivity index (χ0) is 14.4. The highest BCUT2D eigenvalue weighted by atomic mass is 16.5. The van der Waals surface area contributed by atoms with E-state index in [4.69, 9.17) is 4.74 Å². The highest BCUT2D eigenvalue weighted by molar-refractivity contribution is 5.73. The number of carbonyl (C=O) groups excluding carboxylic acids is 2. The number of likely N-dealkylation sites (N-methyl/N-ethyl adjacent to an activating group) is 1. The topological polar surface area (TPSA) is 46.6 Å². The smallest absolute Gasteiger partial charge is 0.308 e. The summed E-state index contributed by atoms with van der Waals surface area (Å²) >= 11 is 0. The molecule has 1 atom stereocenters. The molecule has 0 heterocycles. The third-order valence-corrected chi connectivity index (χ3v) is 2.99. The van der Waals surface area contributed by atoms with Crippen molar-refractivity contribution < 1.29 is 14.3 Å². The number of benzene rings is 1. The fraction of sp³-hybridized carbons (Fsp3) is 0.467. The Morgan fingerprint density at radius 3 is 2.21 bits per heavy atom. The van der Waals surface area contributed by atoms with Crippen LogP contribution >= 0.6 is 0 Å². The average molecular weight is 263 g/mol. The number of nitrogens with zero attached hydrogens (tertiary/aromatic N) is 1. The minimum atomic E-state index is -0.324. The Morgan fingerprint density at radius 2 is 1.79 bits per heavy atom. The minimum absolute atomic E-state index is 0.0894. The van der Waals surface area contributed by atoms with E-state index in [0.717, 1.165) is 12.0 Å². The largest absolute Gasteiger partial charge is 0.427 e. The van der Waals surface area contributed by atoms with Crippen LogP contribution < -0.4 is 4.74 Å². The number of amides is 1. The maximum absolute atomic E-state index is 11.5. The lowest BCUT2D eigenvalue weighted by Gasteiger charge is -2.27. The molecule has 4 heteroatoms. The molecule has 0 spiro atoms. The third kappa shape index (κ3) is 4.73. The van der Waals surface area contributed by atoms with Crippen LogP contribution in [0.15, 0.2) is 24.3 Å². The van der Waals surface area contributed by atoms with E-state index >= 15 is 0 Å². The molecule has 1 amide bonds. The first-order valence-corrected chi connectivity index (χ1v) is 6.48. The average Bonchev–Trinajstić information content (AvgIpc) is 2.31. The van der Waals surface area contributed by atoms with Crippen LogP contribution in [0.2, 0.25) is 0 Å². The molecule has 104 valence electrons. The second-order valence-corrected chi connectivity index (χ2v) is 4.60. The van der Waals surface area contributed by atoms with Crippen molar-refractivity contribution >= 4 is 11.9 Å². The van der Waals surface area contributed by atoms with Crippen molar-refractivity contribution in [2.45, 2.75) is 40.2 Å². The zero-order valence-electron chi connectivity index (χ0n) is 12.0. The van der Waals surface area contributed by atoms with Gasteiger partial charge in [0.2, 0.25) is 5.91 Å². The monoisotopic (exact) mass is 263 g/mol. The Kier molecular flexibility index (Phi) is 5.55. The van der Waals surface area contributed by atoms with Gasteiger partial charge in [-0.05, 0) is 38.0 Å². The van der Waals surface area contributed by atoms with Gasteiger partial charge in [-0.25, -0.2) is 0 Å². The number of esters is 1. The van der Waals surface area contributed by atoms with Crippen LogP contribution in [-0.4, -0.2) is 29.4 Å². The predicted molar refractivity (Wildman–Crippen MR) is 74.0 cm³/mol. The van der Waals surface area contributed by atoms with Crippen LogP contribution in [0.3, 0.4) is 0 Å². The Hall–Kier alpha value is -1.84. The quantitative estimate of drug-likeness (QED) is 0.605. The maximum Gasteiger partial charge on any atom is 0.308 e. The molecule has 0 N–H and O–H groups in total. The summed E-state index contributed by atoms with van der Waals surface area (Å²) in [5, 5.41) is 0. The molecule has 1 rings (SSSR count). The lowest BCUT2D eigenvalue weighted by atomic mass is 10.1. The normalized spacial score (nSPS) is 11.8. The van der Waals surface area contributed by atoms with Crippen LogP contribution in [0, 0.1) is 0 Å². The zero-order valence-corrected chi connectivity index (χ0v) is 12.0. The van der Waals surface area contributed by atoms with Gasteiger partial charge in [-0.3, -0.25) is 9.59 Å². The van der Waals surface area contributed by atoms with E-state index in [1.165, 1.54) is 6.92 Å². The Morgan fingerprint density at radius 1 is 1.21 bits per heavy atom. The first-order valence-electron chi connectivity index (χ1n) is 6.48. The molecular formula is C15H21NO3. The number of rotatable bonds is 5. The lowest BCUT2D eigenvalue weighted by molar-refractivity contribution is -0.132. The van der Waals surface area contributed by atoms with Crippen molar-refractivity contribution in [2.24, 2.45) is 0 Å². The fourth-order valence-electron chi connectivity index (χ4n) is 2.16. The fourth-order valence-corrected chi connectivity index (χ4v) is 2.16. The molecule has 0 bridgehead atoms. The van der Waals surface area contributed by atoms with Crippen LogP contribution in [0.25, 0.3) is 0 Å². The number of carbonyl (C=O) groups is 2. The molecular weight excluding hydrogens is 242 g/mol. The van der Waals surface area contributed by atoms with E-state index in [1.807, 2.05) is 30.9 Å². The summed E-state index contributed by atoms with van der Waals surface area (Å²) in [6.07, 6.45) is 0.785. The summed E-state index contributed by atoms with van der Waals surface area (Å²) in [6, 6.07) is 7.54. The molecule has 0 aliphatic carbocycles. The molecule has 0 aromatic heterocycles. The van der Waals surface area contributed by atoms with Crippen LogP contribution in [0.5, 0.6) is 5.75 Å². The molecule has 0 saturated carbocycles. The second-order valence-electron chi connectivity index (χ2n) is 4.60. The van der Waals surface area contributed by atoms with E-state index in [0.29, 0.717) is 12.3 Å². The molecule has 4 nitrogen and oxygen atoms in total. The van der Waals surface area contributed by atoms with Crippen molar-refractivity contribution in [3.63, 3.8) is 0 Å². The molecule has 1 aromatic rings. The highest BCUT2D eigenvalue weighted by Gasteiger charge is 2.15. The summed E-state index contributed by atoms with van der Waals surface area (Å²) in [5.74, 6) is 0.309. The Bertz CT molecular complexity index is 439. The van der Waals surface area contributed by atoms with E-state index in [2.05, 4.69) is 0 Å². The lowest BCUT2D eigenvalue weighted by Crippen LogP contribution is -2.38. The van der Waals surface area contributed by atoms with Crippen molar-refractivity contribution in [3.05, 3.63) is 29.8 Å². The van der Waals surface area contributed by atoms with Gasteiger partial charge in [-0.15, -0.1) is 0 Å². The van der Waals surface area contributed by atoms with Gasteiger partial charge in [0.05, 0.1) is 0 Å². The van der Waals surface area contributed by atoms with E-state index < -0.39 is 0 Å². The van der Waals surface area contributed by atoms with Gasteiger partial charge < -0.3 is 9.64 Å². The Labute approximate surface area is 114 Å². The van der Waals surface area contributed by atoms with Crippen molar-refractivity contribution in [3.8, 4) is 5.75 Å². The SMILES string of the molecule is CCN(C(C)=O)C(C)Cc1ccc(OC(C)=O)cc1. The van der Waals surface area contributed by atoms with Gasteiger partial charge in [0.25, 0.3) is 0 Å². The number of hydrogen-bond acceptors (Lipinski definition) is 3. The van der Waals surface area contributed by atoms with Gasteiger partial charge >= 0.3 is 5.97 Å². The van der Waals surface area contributed by atoms with Gasteiger partial charge in [0, 0.05) is 26.4 Å². The van der Waals surface area contributed by atoms with Crippen molar-refractivity contribution in [1.29, 1.82) is 0 Å². The van der Waals surface area contributed by atoms with Gasteiger partial charge in [0.15, 0.2) is 0 Å². The molecule has 19 heavy (non-hydrogen) atoms. The molecule has 1 unspecified atom stereocenters. The van der Waals surface area contributed by atoms with E-state index in [9.17, 15) is 9.59 Å². The number of ether oxygens (including phenoxy) is 1. The first-order chi connectivity index (χ1) is 8.93. The number of hydrogen-bond donors (Lipinski definition) is 0. The summed E-state index contributed by atoms with van der Waals surface area (Å²) < 4.78 is 4.98. The van der Waals surface area contributed by atoms with Crippen molar-refractivity contribution in [1.82, 2.24) is 4.90 Å². The Balaban J connectivity index is 2.66. The predicted octanol–water partition coefficient (Wildman–Crippen LogP) is 2.41. The second kappa shape index (κ2) is 6.92. The summed E-state index contributed by atoms with van der Waals surface area (Å²) in [7, 11) is 0. The van der Waals surface area contributed by atoms with Gasteiger partial charge in [-0.2, -0.15) is 0 Å².